The minimum absolute atomic E-state index is 0.112. The summed E-state index contributed by atoms with van der Waals surface area (Å²) in [4.78, 5) is 21.4. The van der Waals surface area contributed by atoms with Gasteiger partial charge in [0.1, 0.15) is 10.6 Å². The Balaban J connectivity index is 1.41. The molecule has 2 aromatic rings. The van der Waals surface area contributed by atoms with Crippen molar-refractivity contribution < 1.29 is 13.2 Å². The lowest BCUT2D eigenvalue weighted by Gasteiger charge is -2.34. The lowest BCUT2D eigenvalue weighted by Crippen LogP contribution is -2.48. The lowest BCUT2D eigenvalue weighted by molar-refractivity contribution is 0.0619. The minimum atomic E-state index is -3.52. The van der Waals surface area contributed by atoms with E-state index in [1.54, 1.807) is 30.2 Å². The Morgan fingerprint density at radius 3 is 2.34 bits per heavy atom. The average Bonchev–Trinajstić information content (AvgIpc) is 3.39. The Bertz CT molecular complexity index is 959. The molecule has 0 radical (unpaired) electrons. The number of rotatable bonds is 5. The van der Waals surface area contributed by atoms with E-state index in [-0.39, 0.29) is 10.8 Å². The predicted octanol–water partition coefficient (Wildman–Crippen LogP) is 1.16. The quantitative estimate of drug-likeness (QED) is 0.730. The molecule has 29 heavy (non-hydrogen) atoms. The van der Waals surface area contributed by atoms with Crippen LogP contribution in [0, 0.1) is 0 Å². The van der Waals surface area contributed by atoms with Crippen molar-refractivity contribution >= 4 is 15.9 Å². The highest BCUT2D eigenvalue weighted by Crippen LogP contribution is 2.23. The molecule has 2 fully saturated rings. The molecule has 0 unspecified atom stereocenters. The van der Waals surface area contributed by atoms with Crippen LogP contribution >= 0.6 is 0 Å². The van der Waals surface area contributed by atoms with Crippen molar-refractivity contribution in [1.29, 1.82) is 0 Å². The van der Waals surface area contributed by atoms with Gasteiger partial charge in [0.25, 0.3) is 5.91 Å². The minimum Gasteiger partial charge on any atom is -0.345 e. The molecule has 156 valence electrons. The predicted molar refractivity (Wildman–Crippen MR) is 109 cm³/mol. The summed E-state index contributed by atoms with van der Waals surface area (Å²) in [5, 5.41) is 0. The van der Waals surface area contributed by atoms with Crippen LogP contribution < -0.4 is 0 Å². The van der Waals surface area contributed by atoms with Crippen LogP contribution in [0.2, 0.25) is 0 Å². The SMILES string of the molecule is Cn1cc(S(=O)(=O)N2CCCC2)cc1C(=O)N1CCN(Cc2ccncc2)CC1. The van der Waals surface area contributed by atoms with E-state index in [2.05, 4.69) is 9.88 Å². The summed E-state index contributed by atoms with van der Waals surface area (Å²) < 4.78 is 28.7. The van der Waals surface area contributed by atoms with Gasteiger partial charge in [0, 0.05) is 71.5 Å². The monoisotopic (exact) mass is 417 g/mol. The van der Waals surface area contributed by atoms with Gasteiger partial charge in [-0.2, -0.15) is 4.31 Å². The number of hydrogen-bond donors (Lipinski definition) is 0. The standard InChI is InChI=1S/C20H27N5O3S/c1-22-16-18(29(27,28)25-8-2-3-9-25)14-19(22)20(26)24-12-10-23(11-13-24)15-17-4-6-21-7-5-17/h4-7,14,16H,2-3,8-13,15H2,1H3. The third-order valence-electron chi connectivity index (χ3n) is 5.72. The number of sulfonamides is 1. The summed E-state index contributed by atoms with van der Waals surface area (Å²) in [7, 11) is -1.79. The fourth-order valence-corrected chi connectivity index (χ4v) is 5.57. The summed E-state index contributed by atoms with van der Waals surface area (Å²) in [5.74, 6) is -0.112. The van der Waals surface area contributed by atoms with E-state index in [9.17, 15) is 13.2 Å². The number of aromatic nitrogens is 2. The zero-order valence-electron chi connectivity index (χ0n) is 16.7. The largest absolute Gasteiger partial charge is 0.345 e. The van der Waals surface area contributed by atoms with E-state index in [1.165, 1.54) is 15.9 Å². The maximum absolute atomic E-state index is 13.0. The molecule has 4 heterocycles. The van der Waals surface area contributed by atoms with Gasteiger partial charge in [0.2, 0.25) is 10.0 Å². The van der Waals surface area contributed by atoms with Gasteiger partial charge in [-0.3, -0.25) is 14.7 Å². The molecule has 2 saturated heterocycles. The summed E-state index contributed by atoms with van der Waals surface area (Å²) in [6.45, 7) is 4.79. The van der Waals surface area contributed by atoms with Gasteiger partial charge in [-0.25, -0.2) is 8.42 Å². The highest BCUT2D eigenvalue weighted by molar-refractivity contribution is 7.89. The van der Waals surface area contributed by atoms with E-state index in [4.69, 9.17) is 0 Å². The van der Waals surface area contributed by atoms with Crippen molar-refractivity contribution in [1.82, 2.24) is 23.7 Å². The van der Waals surface area contributed by atoms with Gasteiger partial charge in [0.05, 0.1) is 0 Å². The summed E-state index contributed by atoms with van der Waals surface area (Å²) in [5.41, 5.74) is 1.63. The molecule has 0 aromatic carbocycles. The highest BCUT2D eigenvalue weighted by Gasteiger charge is 2.31. The number of pyridine rings is 1. The molecule has 2 aromatic heterocycles. The van der Waals surface area contributed by atoms with Crippen LogP contribution in [-0.2, 0) is 23.6 Å². The van der Waals surface area contributed by atoms with Crippen molar-refractivity contribution in [2.75, 3.05) is 39.3 Å². The first-order valence-corrected chi connectivity index (χ1v) is 11.5. The Kier molecular flexibility index (Phi) is 5.71. The van der Waals surface area contributed by atoms with E-state index in [0.29, 0.717) is 31.9 Å². The second-order valence-electron chi connectivity index (χ2n) is 7.71. The zero-order valence-corrected chi connectivity index (χ0v) is 17.5. The molecule has 8 nitrogen and oxygen atoms in total. The van der Waals surface area contributed by atoms with Crippen molar-refractivity contribution in [3.63, 3.8) is 0 Å². The Morgan fingerprint density at radius 1 is 1.03 bits per heavy atom. The molecule has 4 rings (SSSR count). The molecule has 0 bridgehead atoms. The fraction of sp³-hybridized carbons (Fsp3) is 0.500. The Morgan fingerprint density at radius 2 is 1.69 bits per heavy atom. The fourth-order valence-electron chi connectivity index (χ4n) is 3.98. The second kappa shape index (κ2) is 8.25. The molecular formula is C20H27N5O3S. The highest BCUT2D eigenvalue weighted by atomic mass is 32.2. The maximum Gasteiger partial charge on any atom is 0.270 e. The molecule has 1 amide bonds. The third kappa shape index (κ3) is 4.22. The van der Waals surface area contributed by atoms with Gasteiger partial charge < -0.3 is 9.47 Å². The first-order chi connectivity index (χ1) is 13.9. The molecular weight excluding hydrogens is 390 g/mol. The molecule has 0 N–H and O–H groups in total. The molecule has 2 aliphatic rings. The summed E-state index contributed by atoms with van der Waals surface area (Å²) >= 11 is 0. The van der Waals surface area contributed by atoms with Crippen molar-refractivity contribution in [2.24, 2.45) is 7.05 Å². The number of nitrogens with zero attached hydrogens (tertiary/aromatic N) is 5. The summed E-state index contributed by atoms with van der Waals surface area (Å²) in [6.07, 6.45) is 6.92. The van der Waals surface area contributed by atoms with Gasteiger partial charge in [-0.15, -0.1) is 0 Å². The van der Waals surface area contributed by atoms with Crippen LogP contribution in [-0.4, -0.2) is 77.2 Å². The van der Waals surface area contributed by atoms with Crippen LogP contribution in [0.3, 0.4) is 0 Å². The van der Waals surface area contributed by atoms with Crippen LogP contribution in [0.25, 0.3) is 0 Å². The zero-order chi connectivity index (χ0) is 20.4. The Labute approximate surface area is 171 Å². The van der Waals surface area contributed by atoms with E-state index < -0.39 is 10.0 Å². The Hall–Kier alpha value is -2.23. The smallest absolute Gasteiger partial charge is 0.270 e. The summed E-state index contributed by atoms with van der Waals surface area (Å²) in [6, 6.07) is 5.53. The van der Waals surface area contributed by atoms with Gasteiger partial charge >= 0.3 is 0 Å². The molecule has 0 aliphatic carbocycles. The molecule has 2 aliphatic heterocycles. The van der Waals surface area contributed by atoms with Gasteiger partial charge in [-0.05, 0) is 36.6 Å². The van der Waals surface area contributed by atoms with Gasteiger partial charge in [-0.1, -0.05) is 0 Å². The van der Waals surface area contributed by atoms with Crippen LogP contribution in [0.4, 0.5) is 0 Å². The van der Waals surface area contributed by atoms with E-state index in [1.807, 2.05) is 17.0 Å². The van der Waals surface area contributed by atoms with Crippen LogP contribution in [0.1, 0.15) is 28.9 Å². The molecule has 0 spiro atoms. The molecule has 9 heteroatoms. The van der Waals surface area contributed by atoms with E-state index in [0.717, 1.165) is 32.5 Å². The van der Waals surface area contributed by atoms with Crippen molar-refractivity contribution in [3.05, 3.63) is 48.0 Å². The third-order valence-corrected chi connectivity index (χ3v) is 7.58. The number of carbonyl (C=O) groups excluding carboxylic acids is 1. The first-order valence-electron chi connectivity index (χ1n) is 10.0. The topological polar surface area (TPSA) is 78.8 Å². The normalized spacial score (nSPS) is 19.0. The maximum atomic E-state index is 13.0. The molecule has 0 atom stereocenters. The number of carbonyl (C=O) groups is 1. The number of piperazine rings is 1. The van der Waals surface area contributed by atoms with Crippen molar-refractivity contribution in [3.8, 4) is 0 Å². The van der Waals surface area contributed by atoms with Crippen molar-refractivity contribution in [2.45, 2.75) is 24.3 Å². The van der Waals surface area contributed by atoms with Gasteiger partial charge in [0.15, 0.2) is 0 Å². The second-order valence-corrected chi connectivity index (χ2v) is 9.64. The lowest BCUT2D eigenvalue weighted by atomic mass is 10.2. The first kappa shape index (κ1) is 20.1. The number of aryl methyl sites for hydroxylation is 1. The van der Waals surface area contributed by atoms with E-state index >= 15 is 0 Å². The van der Waals surface area contributed by atoms with Crippen LogP contribution in [0.15, 0.2) is 41.7 Å². The van der Waals surface area contributed by atoms with Crippen LogP contribution in [0.5, 0.6) is 0 Å². The number of hydrogen-bond acceptors (Lipinski definition) is 5. The molecule has 0 saturated carbocycles. The number of amides is 1. The average molecular weight is 418 g/mol.